The highest BCUT2D eigenvalue weighted by Crippen LogP contribution is 2.25. The van der Waals surface area contributed by atoms with Crippen LogP contribution in [0, 0.1) is 5.92 Å². The molecule has 1 N–H and O–H groups in total. The number of rotatable bonds is 5. The average Bonchev–Trinajstić information content (AvgIpc) is 3.14. The lowest BCUT2D eigenvalue weighted by molar-refractivity contribution is -0.134. The Kier molecular flexibility index (Phi) is 4.97. The molecule has 0 aromatic heterocycles. The minimum atomic E-state index is -0.465. The molecule has 24 heavy (non-hydrogen) atoms. The van der Waals surface area contributed by atoms with Gasteiger partial charge in [-0.25, -0.2) is 0 Å². The van der Waals surface area contributed by atoms with Crippen molar-refractivity contribution < 1.29 is 14.4 Å². The van der Waals surface area contributed by atoms with Gasteiger partial charge in [0.2, 0.25) is 11.8 Å². The number of ketones is 1. The monoisotopic (exact) mass is 328 g/mol. The molecule has 0 unspecified atom stereocenters. The van der Waals surface area contributed by atoms with E-state index in [0.717, 1.165) is 24.9 Å². The van der Waals surface area contributed by atoms with Gasteiger partial charge in [-0.1, -0.05) is 30.3 Å². The van der Waals surface area contributed by atoms with E-state index in [1.54, 1.807) is 0 Å². The van der Waals surface area contributed by atoms with Crippen LogP contribution in [0.15, 0.2) is 30.3 Å². The molecule has 2 amide bonds. The molecule has 1 aromatic carbocycles. The van der Waals surface area contributed by atoms with E-state index in [1.165, 1.54) is 0 Å². The second kappa shape index (κ2) is 7.16. The fourth-order valence-corrected chi connectivity index (χ4v) is 3.71. The second-order valence-electron chi connectivity index (χ2n) is 6.92. The molecule has 2 fully saturated rings. The Hall–Kier alpha value is -2.17. The first-order chi connectivity index (χ1) is 11.5. The highest BCUT2D eigenvalue weighted by molar-refractivity contribution is 5.95. The van der Waals surface area contributed by atoms with Crippen LogP contribution in [0.4, 0.5) is 0 Å². The van der Waals surface area contributed by atoms with Gasteiger partial charge in [0.05, 0.1) is 0 Å². The molecule has 0 saturated carbocycles. The van der Waals surface area contributed by atoms with Crippen molar-refractivity contribution in [3.05, 3.63) is 35.9 Å². The first kappa shape index (κ1) is 16.7. The maximum Gasteiger partial charge on any atom is 0.245 e. The summed E-state index contributed by atoms with van der Waals surface area (Å²) in [6.45, 7) is 2.81. The second-order valence-corrected chi connectivity index (χ2v) is 6.92. The van der Waals surface area contributed by atoms with Gasteiger partial charge in [0.25, 0.3) is 0 Å². The molecule has 5 heteroatoms. The number of carbonyl (C=O) groups excluding carboxylic acids is 3. The quantitative estimate of drug-likeness (QED) is 0.895. The molecule has 0 spiro atoms. The maximum atomic E-state index is 12.6. The van der Waals surface area contributed by atoms with Crippen molar-refractivity contribution in [1.29, 1.82) is 0 Å². The van der Waals surface area contributed by atoms with Crippen LogP contribution >= 0.6 is 0 Å². The number of hydrogen-bond donors (Lipinski definition) is 1. The smallest absolute Gasteiger partial charge is 0.245 e. The van der Waals surface area contributed by atoms with Gasteiger partial charge in [-0.15, -0.1) is 0 Å². The lowest BCUT2D eigenvalue weighted by atomic mass is 9.95. The summed E-state index contributed by atoms with van der Waals surface area (Å²) in [4.78, 5) is 38.8. The van der Waals surface area contributed by atoms with E-state index < -0.39 is 6.04 Å². The van der Waals surface area contributed by atoms with Crippen molar-refractivity contribution in [2.75, 3.05) is 6.54 Å². The fraction of sp³-hybridized carbons (Fsp3) is 0.526. The standard InChI is InChI=1S/C19H24N2O3/c1-13-6-5-9-21(13)19(24)17-12-15(18(23)20-17)11-16(22)10-14-7-3-2-4-8-14/h2-4,7-8,13,15,17H,5-6,9-12H2,1H3,(H,20,23)/t13-,15-,17+/m1/s1. The molecule has 0 radical (unpaired) electrons. The number of hydrogen-bond acceptors (Lipinski definition) is 3. The summed E-state index contributed by atoms with van der Waals surface area (Å²) in [6, 6.07) is 9.31. The molecular weight excluding hydrogens is 304 g/mol. The molecule has 3 rings (SSSR count). The number of nitrogens with zero attached hydrogens (tertiary/aromatic N) is 1. The van der Waals surface area contributed by atoms with Crippen LogP contribution in [0.5, 0.6) is 0 Å². The van der Waals surface area contributed by atoms with Crippen molar-refractivity contribution >= 4 is 17.6 Å². The molecule has 2 aliphatic heterocycles. The third-order valence-electron chi connectivity index (χ3n) is 5.06. The normalized spacial score (nSPS) is 26.5. The van der Waals surface area contributed by atoms with Crippen molar-refractivity contribution in [2.24, 2.45) is 5.92 Å². The zero-order valence-corrected chi connectivity index (χ0v) is 14.0. The fourth-order valence-electron chi connectivity index (χ4n) is 3.71. The average molecular weight is 328 g/mol. The SMILES string of the molecule is C[C@@H]1CCCN1C(=O)[C@@H]1C[C@@H](CC(=O)Cc2ccccc2)C(=O)N1. The minimum Gasteiger partial charge on any atom is -0.344 e. The Morgan fingerprint density at radius 1 is 1.25 bits per heavy atom. The Balaban J connectivity index is 1.55. The van der Waals surface area contributed by atoms with E-state index in [4.69, 9.17) is 0 Å². The molecule has 0 bridgehead atoms. The highest BCUT2D eigenvalue weighted by Gasteiger charge is 2.40. The van der Waals surface area contributed by atoms with Gasteiger partial charge < -0.3 is 10.2 Å². The molecule has 0 aliphatic carbocycles. The molecule has 2 saturated heterocycles. The summed E-state index contributed by atoms with van der Waals surface area (Å²) in [5.74, 6) is -0.495. The summed E-state index contributed by atoms with van der Waals surface area (Å²) >= 11 is 0. The van der Waals surface area contributed by atoms with Crippen LogP contribution in [0.1, 0.15) is 38.2 Å². The predicted octanol–water partition coefficient (Wildman–Crippen LogP) is 1.70. The Labute approximate surface area is 142 Å². The van der Waals surface area contributed by atoms with E-state index in [2.05, 4.69) is 5.32 Å². The van der Waals surface area contributed by atoms with E-state index in [9.17, 15) is 14.4 Å². The summed E-state index contributed by atoms with van der Waals surface area (Å²) in [7, 11) is 0. The topological polar surface area (TPSA) is 66.5 Å². The number of Topliss-reactive ketones (excluding diaryl/α,β-unsaturated/α-hetero) is 1. The van der Waals surface area contributed by atoms with Crippen LogP contribution in [0.25, 0.3) is 0 Å². The van der Waals surface area contributed by atoms with Gasteiger partial charge in [0.15, 0.2) is 0 Å². The third-order valence-corrected chi connectivity index (χ3v) is 5.06. The van der Waals surface area contributed by atoms with E-state index in [1.807, 2.05) is 42.2 Å². The molecule has 1 aromatic rings. The Morgan fingerprint density at radius 2 is 2.00 bits per heavy atom. The third kappa shape index (κ3) is 3.66. The van der Waals surface area contributed by atoms with E-state index in [-0.39, 0.29) is 36.0 Å². The number of likely N-dealkylation sites (tertiary alicyclic amines) is 1. The van der Waals surface area contributed by atoms with Gasteiger partial charge >= 0.3 is 0 Å². The predicted molar refractivity (Wildman–Crippen MR) is 90.2 cm³/mol. The highest BCUT2D eigenvalue weighted by atomic mass is 16.2. The van der Waals surface area contributed by atoms with Gasteiger partial charge in [0.1, 0.15) is 11.8 Å². The molecule has 128 valence electrons. The minimum absolute atomic E-state index is 0.00589. The van der Waals surface area contributed by atoms with E-state index >= 15 is 0 Å². The molecule has 2 aliphatic rings. The number of carbonyl (C=O) groups is 3. The number of nitrogens with one attached hydrogen (secondary N) is 1. The molecule has 3 atom stereocenters. The molecule has 2 heterocycles. The number of amides is 2. The van der Waals surface area contributed by atoms with Crippen molar-refractivity contribution in [1.82, 2.24) is 10.2 Å². The lowest BCUT2D eigenvalue weighted by Gasteiger charge is -2.24. The van der Waals surface area contributed by atoms with Gasteiger partial charge in [0, 0.05) is 31.3 Å². The van der Waals surface area contributed by atoms with Crippen LogP contribution in [0.2, 0.25) is 0 Å². The number of benzene rings is 1. The van der Waals surface area contributed by atoms with Crippen LogP contribution < -0.4 is 5.32 Å². The lowest BCUT2D eigenvalue weighted by Crippen LogP contribution is -2.45. The molecule has 5 nitrogen and oxygen atoms in total. The first-order valence-electron chi connectivity index (χ1n) is 8.71. The van der Waals surface area contributed by atoms with Gasteiger partial charge in [-0.2, -0.15) is 0 Å². The summed E-state index contributed by atoms with van der Waals surface area (Å²) in [5, 5.41) is 2.79. The largest absolute Gasteiger partial charge is 0.344 e. The maximum absolute atomic E-state index is 12.6. The van der Waals surface area contributed by atoms with Crippen molar-refractivity contribution in [3.8, 4) is 0 Å². The summed E-state index contributed by atoms with van der Waals surface area (Å²) < 4.78 is 0. The zero-order chi connectivity index (χ0) is 17.1. The van der Waals surface area contributed by atoms with Crippen molar-refractivity contribution in [3.63, 3.8) is 0 Å². The zero-order valence-electron chi connectivity index (χ0n) is 14.0. The Bertz CT molecular complexity index is 629. The van der Waals surface area contributed by atoms with Crippen LogP contribution in [-0.2, 0) is 20.8 Å². The summed E-state index contributed by atoms with van der Waals surface area (Å²) in [5.41, 5.74) is 0.958. The van der Waals surface area contributed by atoms with Crippen molar-refractivity contribution in [2.45, 2.75) is 51.1 Å². The summed E-state index contributed by atoms with van der Waals surface area (Å²) in [6.07, 6.45) is 3.02. The van der Waals surface area contributed by atoms with E-state index in [0.29, 0.717) is 12.8 Å². The van der Waals surface area contributed by atoms with Gasteiger partial charge in [-0.3, -0.25) is 14.4 Å². The van der Waals surface area contributed by atoms with Crippen LogP contribution in [0.3, 0.4) is 0 Å². The van der Waals surface area contributed by atoms with Gasteiger partial charge in [-0.05, 0) is 31.7 Å². The Morgan fingerprint density at radius 3 is 2.67 bits per heavy atom. The first-order valence-corrected chi connectivity index (χ1v) is 8.71. The molecular formula is C19H24N2O3. The van der Waals surface area contributed by atoms with Crippen LogP contribution in [-0.4, -0.2) is 41.1 Å².